The van der Waals surface area contributed by atoms with Gasteiger partial charge < -0.3 is 15.2 Å². The maximum Gasteiger partial charge on any atom is 0.408 e. The number of hydrogen-bond donors (Lipinski definition) is 2. The highest BCUT2D eigenvalue weighted by Gasteiger charge is 2.32. The quantitative estimate of drug-likeness (QED) is 0.832. The van der Waals surface area contributed by atoms with E-state index in [1.165, 1.54) is 0 Å². The molecule has 1 atom stereocenters. The topological polar surface area (TPSA) is 92.7 Å². The molecule has 1 aromatic rings. The molecule has 0 spiro atoms. The van der Waals surface area contributed by atoms with Crippen LogP contribution in [0.3, 0.4) is 0 Å². The van der Waals surface area contributed by atoms with Gasteiger partial charge in [-0.05, 0) is 17.9 Å². The Morgan fingerprint density at radius 2 is 1.95 bits per heavy atom. The predicted molar refractivity (Wildman–Crippen MR) is 73.5 cm³/mol. The number of amides is 1. The first-order chi connectivity index (χ1) is 10.0. The standard InChI is InChI=1S/C15H17NO5/c17-12-6-11(7-12)8-13(14(18)19)16-15(20)21-9-10-4-2-1-3-5-10/h1-5,11,13H,6-9H2,(H,16,20)(H,18,19). The van der Waals surface area contributed by atoms with E-state index in [4.69, 9.17) is 9.84 Å². The van der Waals surface area contributed by atoms with Crippen LogP contribution in [0, 0.1) is 5.92 Å². The van der Waals surface area contributed by atoms with Crippen molar-refractivity contribution in [3.8, 4) is 0 Å². The summed E-state index contributed by atoms with van der Waals surface area (Å²) >= 11 is 0. The molecule has 6 heteroatoms. The SMILES string of the molecule is O=C1CC(CC(NC(=O)OCc2ccccc2)C(=O)O)C1. The molecule has 1 fully saturated rings. The van der Waals surface area contributed by atoms with Crippen molar-refractivity contribution < 1.29 is 24.2 Å². The van der Waals surface area contributed by atoms with E-state index in [2.05, 4.69) is 5.32 Å². The largest absolute Gasteiger partial charge is 0.480 e. The lowest BCUT2D eigenvalue weighted by atomic mass is 9.79. The third-order valence-electron chi connectivity index (χ3n) is 3.40. The molecule has 6 nitrogen and oxygen atoms in total. The second-order valence-electron chi connectivity index (χ2n) is 5.15. The Morgan fingerprint density at radius 3 is 2.52 bits per heavy atom. The molecule has 0 radical (unpaired) electrons. The van der Waals surface area contributed by atoms with Gasteiger partial charge in [0.15, 0.2) is 0 Å². The first-order valence-electron chi connectivity index (χ1n) is 6.76. The van der Waals surface area contributed by atoms with Crippen LogP contribution in [0.25, 0.3) is 0 Å². The van der Waals surface area contributed by atoms with Crippen molar-refractivity contribution >= 4 is 17.8 Å². The second-order valence-corrected chi connectivity index (χ2v) is 5.15. The molecule has 0 aliphatic heterocycles. The third-order valence-corrected chi connectivity index (χ3v) is 3.40. The monoisotopic (exact) mass is 291 g/mol. The van der Waals surface area contributed by atoms with E-state index in [1.807, 2.05) is 30.3 Å². The van der Waals surface area contributed by atoms with Crippen molar-refractivity contribution in [1.82, 2.24) is 5.32 Å². The Labute approximate surface area is 122 Å². The lowest BCUT2D eigenvalue weighted by Crippen LogP contribution is -2.44. The van der Waals surface area contributed by atoms with E-state index in [0.717, 1.165) is 5.56 Å². The zero-order chi connectivity index (χ0) is 15.2. The van der Waals surface area contributed by atoms with Crippen LogP contribution in [-0.4, -0.2) is 29.0 Å². The lowest BCUT2D eigenvalue weighted by Gasteiger charge is -2.26. The number of alkyl carbamates (subject to hydrolysis) is 1. The van der Waals surface area contributed by atoms with E-state index in [0.29, 0.717) is 12.8 Å². The number of carboxylic acids is 1. The minimum atomic E-state index is -1.12. The fraction of sp³-hybridized carbons (Fsp3) is 0.400. The lowest BCUT2D eigenvalue weighted by molar-refractivity contribution is -0.141. The molecule has 0 aromatic heterocycles. The number of aliphatic carboxylic acids is 1. The molecule has 0 bridgehead atoms. The van der Waals surface area contributed by atoms with Crippen molar-refractivity contribution in [3.05, 3.63) is 35.9 Å². The molecule has 1 aliphatic carbocycles. The Hall–Kier alpha value is -2.37. The molecule has 0 saturated heterocycles. The number of carboxylic acid groups (broad SMARTS) is 1. The Balaban J connectivity index is 1.78. The molecule has 2 rings (SSSR count). The minimum absolute atomic E-state index is 0.0352. The fourth-order valence-corrected chi connectivity index (χ4v) is 2.21. The number of ether oxygens (including phenoxy) is 1. The van der Waals surface area contributed by atoms with Gasteiger partial charge in [0.05, 0.1) is 0 Å². The van der Waals surface area contributed by atoms with Crippen molar-refractivity contribution in [2.24, 2.45) is 5.92 Å². The number of Topliss-reactive ketones (excluding diaryl/α,β-unsaturated/α-hetero) is 1. The maximum atomic E-state index is 11.6. The van der Waals surface area contributed by atoms with E-state index in [9.17, 15) is 14.4 Å². The summed E-state index contributed by atoms with van der Waals surface area (Å²) < 4.78 is 4.98. The summed E-state index contributed by atoms with van der Waals surface area (Å²) in [6, 6.07) is 8.09. The number of ketones is 1. The molecular formula is C15H17NO5. The van der Waals surface area contributed by atoms with Crippen molar-refractivity contribution in [2.75, 3.05) is 0 Å². The number of benzene rings is 1. The van der Waals surface area contributed by atoms with E-state index in [-0.39, 0.29) is 24.7 Å². The van der Waals surface area contributed by atoms with Crippen LogP contribution in [0.1, 0.15) is 24.8 Å². The zero-order valence-electron chi connectivity index (χ0n) is 11.5. The highest BCUT2D eigenvalue weighted by Crippen LogP contribution is 2.27. The first-order valence-corrected chi connectivity index (χ1v) is 6.76. The first kappa shape index (κ1) is 15.0. The molecule has 112 valence electrons. The molecule has 1 saturated carbocycles. The number of carbonyl (C=O) groups is 3. The summed E-state index contributed by atoms with van der Waals surface area (Å²) in [5.74, 6) is -0.949. The van der Waals surface area contributed by atoms with Crippen LogP contribution in [0.4, 0.5) is 4.79 Å². The average molecular weight is 291 g/mol. The molecular weight excluding hydrogens is 274 g/mol. The Kier molecular flexibility index (Phi) is 4.92. The molecule has 1 aromatic carbocycles. The van der Waals surface area contributed by atoms with Crippen molar-refractivity contribution in [1.29, 1.82) is 0 Å². The van der Waals surface area contributed by atoms with E-state index in [1.54, 1.807) is 0 Å². The highest BCUT2D eigenvalue weighted by molar-refractivity contribution is 5.85. The van der Waals surface area contributed by atoms with Crippen molar-refractivity contribution in [2.45, 2.75) is 31.9 Å². The van der Waals surface area contributed by atoms with Crippen LogP contribution in [-0.2, 0) is 20.9 Å². The predicted octanol–water partition coefficient (Wildman–Crippen LogP) is 1.74. The van der Waals surface area contributed by atoms with Gasteiger partial charge in [0, 0.05) is 12.8 Å². The van der Waals surface area contributed by atoms with Crippen molar-refractivity contribution in [3.63, 3.8) is 0 Å². The summed E-state index contributed by atoms with van der Waals surface area (Å²) in [5, 5.41) is 11.4. The molecule has 1 aliphatic rings. The number of carbonyl (C=O) groups excluding carboxylic acids is 2. The van der Waals surface area contributed by atoms with Gasteiger partial charge in [-0.2, -0.15) is 0 Å². The van der Waals surface area contributed by atoms with Gasteiger partial charge in [-0.3, -0.25) is 4.79 Å². The van der Waals surface area contributed by atoms with E-state index >= 15 is 0 Å². The number of hydrogen-bond acceptors (Lipinski definition) is 4. The van der Waals surface area contributed by atoms with Gasteiger partial charge >= 0.3 is 12.1 Å². The Bertz CT molecular complexity index is 520. The second kappa shape index (κ2) is 6.88. The average Bonchev–Trinajstić information content (AvgIpc) is 2.43. The fourth-order valence-electron chi connectivity index (χ4n) is 2.21. The zero-order valence-corrected chi connectivity index (χ0v) is 11.5. The highest BCUT2D eigenvalue weighted by atomic mass is 16.5. The summed E-state index contributed by atoms with van der Waals surface area (Å²) in [5.41, 5.74) is 0.823. The molecule has 1 amide bonds. The normalized spacial score (nSPS) is 15.9. The van der Waals surface area contributed by atoms with Gasteiger partial charge in [-0.15, -0.1) is 0 Å². The summed E-state index contributed by atoms with van der Waals surface area (Å²) in [6.07, 6.45) is 0.271. The Morgan fingerprint density at radius 1 is 1.29 bits per heavy atom. The van der Waals surface area contributed by atoms with Crippen LogP contribution in [0.15, 0.2) is 30.3 Å². The molecule has 21 heavy (non-hydrogen) atoms. The van der Waals surface area contributed by atoms with Crippen LogP contribution in [0.2, 0.25) is 0 Å². The van der Waals surface area contributed by atoms with Crippen LogP contribution in [0.5, 0.6) is 0 Å². The maximum absolute atomic E-state index is 11.6. The molecule has 0 heterocycles. The van der Waals surface area contributed by atoms with Gasteiger partial charge in [-0.1, -0.05) is 30.3 Å². The van der Waals surface area contributed by atoms with Crippen LogP contribution < -0.4 is 5.32 Å². The van der Waals surface area contributed by atoms with E-state index < -0.39 is 18.1 Å². The smallest absolute Gasteiger partial charge is 0.408 e. The molecule has 2 N–H and O–H groups in total. The molecule has 1 unspecified atom stereocenters. The minimum Gasteiger partial charge on any atom is -0.480 e. The number of nitrogens with one attached hydrogen (secondary N) is 1. The van der Waals surface area contributed by atoms with Gasteiger partial charge in [-0.25, -0.2) is 9.59 Å². The van der Waals surface area contributed by atoms with Gasteiger partial charge in [0.1, 0.15) is 18.4 Å². The number of rotatable bonds is 6. The third kappa shape index (κ3) is 4.59. The van der Waals surface area contributed by atoms with Gasteiger partial charge in [0.2, 0.25) is 0 Å². The van der Waals surface area contributed by atoms with Gasteiger partial charge in [0.25, 0.3) is 0 Å². The summed E-state index contributed by atoms with van der Waals surface area (Å²) in [4.78, 5) is 33.6. The summed E-state index contributed by atoms with van der Waals surface area (Å²) in [6.45, 7) is 0.0843. The van der Waals surface area contributed by atoms with Crippen LogP contribution >= 0.6 is 0 Å². The summed E-state index contributed by atoms with van der Waals surface area (Å²) in [7, 11) is 0.